The second kappa shape index (κ2) is 9.80. The van der Waals surface area contributed by atoms with Crippen molar-refractivity contribution in [1.29, 1.82) is 0 Å². The van der Waals surface area contributed by atoms with Crippen molar-refractivity contribution in [2.75, 3.05) is 0 Å². The molecule has 6 rings (SSSR count). The van der Waals surface area contributed by atoms with E-state index in [0.717, 1.165) is 21.5 Å². The molecule has 8 nitrogen and oxygen atoms in total. The van der Waals surface area contributed by atoms with Gasteiger partial charge < -0.3 is 19.8 Å². The minimum atomic E-state index is -1.28. The molecule has 0 saturated heterocycles. The van der Waals surface area contributed by atoms with E-state index in [2.05, 4.69) is 19.9 Å². The molecule has 4 heterocycles. The molecule has 0 spiro atoms. The summed E-state index contributed by atoms with van der Waals surface area (Å²) in [6.07, 6.45) is 3.32. The van der Waals surface area contributed by atoms with Gasteiger partial charge in [0.05, 0.1) is 45.4 Å². The molecule has 0 atom stereocenters. The van der Waals surface area contributed by atoms with Crippen LogP contribution in [0, 0.1) is 0 Å². The van der Waals surface area contributed by atoms with Crippen LogP contribution < -0.4 is 10.2 Å². The summed E-state index contributed by atoms with van der Waals surface area (Å²) < 4.78 is 0. The van der Waals surface area contributed by atoms with Gasteiger partial charge in [0.25, 0.3) is 0 Å². The Hall–Kier alpha value is -4.46. The Bertz CT molecular complexity index is 1610. The SMILES string of the molecule is O=C([O-])c1ccc2ccc3cccnc3c2n1.O=C([O-])c1ccc2ccc3cccnc3c2n1.[Fe+2]. The molecule has 0 aliphatic rings. The van der Waals surface area contributed by atoms with Crippen molar-refractivity contribution < 1.29 is 36.9 Å². The molecule has 0 fully saturated rings. The Morgan fingerprint density at radius 2 is 0.857 bits per heavy atom. The van der Waals surface area contributed by atoms with Gasteiger partial charge in [0.15, 0.2) is 0 Å². The summed E-state index contributed by atoms with van der Waals surface area (Å²) in [5.74, 6) is -2.56. The van der Waals surface area contributed by atoms with Crippen molar-refractivity contribution in [3.8, 4) is 0 Å². The number of benzene rings is 2. The van der Waals surface area contributed by atoms with Crippen molar-refractivity contribution >= 4 is 55.6 Å². The van der Waals surface area contributed by atoms with Crippen molar-refractivity contribution in [3.63, 3.8) is 0 Å². The van der Waals surface area contributed by atoms with E-state index in [1.54, 1.807) is 24.5 Å². The zero-order valence-corrected chi connectivity index (χ0v) is 19.0. The number of carbonyl (C=O) groups excluding carboxylic acids is 2. The zero-order chi connectivity index (χ0) is 23.7. The molecule has 170 valence electrons. The summed E-state index contributed by atoms with van der Waals surface area (Å²) in [5, 5.41) is 25.2. The maximum atomic E-state index is 10.8. The number of pyridine rings is 4. The molecular formula is C26H14FeN4O4. The van der Waals surface area contributed by atoms with Gasteiger partial charge in [-0.1, -0.05) is 48.5 Å². The van der Waals surface area contributed by atoms with E-state index in [0.29, 0.717) is 22.1 Å². The van der Waals surface area contributed by atoms with Gasteiger partial charge in [-0.3, -0.25) is 9.97 Å². The van der Waals surface area contributed by atoms with E-state index in [-0.39, 0.29) is 28.5 Å². The molecule has 0 aliphatic heterocycles. The summed E-state index contributed by atoms with van der Waals surface area (Å²) >= 11 is 0. The third-order valence-corrected chi connectivity index (χ3v) is 5.28. The molecule has 0 radical (unpaired) electrons. The molecule has 0 unspecified atom stereocenters. The average molecular weight is 502 g/mol. The fourth-order valence-corrected chi connectivity index (χ4v) is 3.67. The van der Waals surface area contributed by atoms with Gasteiger partial charge in [-0.05, 0) is 24.3 Å². The first kappa shape index (κ1) is 23.7. The fraction of sp³-hybridized carbons (Fsp3) is 0. The van der Waals surface area contributed by atoms with Gasteiger partial charge in [-0.15, -0.1) is 0 Å². The van der Waals surface area contributed by atoms with Crippen LogP contribution >= 0.6 is 0 Å². The van der Waals surface area contributed by atoms with E-state index in [1.165, 1.54) is 12.1 Å². The predicted molar refractivity (Wildman–Crippen MR) is 123 cm³/mol. The Balaban J connectivity index is 0.000000160. The maximum absolute atomic E-state index is 10.8. The Morgan fingerprint density at radius 3 is 1.23 bits per heavy atom. The molecule has 4 aromatic heterocycles. The maximum Gasteiger partial charge on any atom is 2.00 e. The first-order chi connectivity index (χ1) is 16.5. The zero-order valence-electron chi connectivity index (χ0n) is 17.9. The normalized spacial score (nSPS) is 10.5. The summed E-state index contributed by atoms with van der Waals surface area (Å²) in [6.45, 7) is 0. The van der Waals surface area contributed by atoms with E-state index < -0.39 is 11.9 Å². The number of hydrogen-bond acceptors (Lipinski definition) is 8. The van der Waals surface area contributed by atoms with E-state index in [1.807, 2.05) is 48.5 Å². The van der Waals surface area contributed by atoms with E-state index >= 15 is 0 Å². The van der Waals surface area contributed by atoms with Crippen LogP contribution in [-0.2, 0) is 17.1 Å². The quantitative estimate of drug-likeness (QED) is 0.260. The Labute approximate surface area is 208 Å². The second-order valence-corrected chi connectivity index (χ2v) is 7.39. The number of hydrogen-bond donors (Lipinski definition) is 0. The summed E-state index contributed by atoms with van der Waals surface area (Å²) in [7, 11) is 0. The number of nitrogens with zero attached hydrogens (tertiary/aromatic N) is 4. The summed E-state index contributed by atoms with van der Waals surface area (Å²) in [4.78, 5) is 38.2. The van der Waals surface area contributed by atoms with Crippen LogP contribution in [0.2, 0.25) is 0 Å². The molecule has 9 heteroatoms. The standard InChI is InChI=1S/2C13H8N2O2.Fe/c2*16-13(17)10-6-5-9-4-3-8-2-1-7-14-11(8)12(9)15-10;/h2*1-7H,(H,16,17);/q;;+2/p-2. The average Bonchev–Trinajstić information content (AvgIpc) is 2.88. The van der Waals surface area contributed by atoms with Gasteiger partial charge >= 0.3 is 17.1 Å². The minimum Gasteiger partial charge on any atom is -0.543 e. The van der Waals surface area contributed by atoms with Crippen LogP contribution in [0.15, 0.2) is 85.2 Å². The van der Waals surface area contributed by atoms with Crippen LogP contribution in [0.1, 0.15) is 21.0 Å². The summed E-state index contributed by atoms with van der Waals surface area (Å²) in [5.41, 5.74) is 2.43. The first-order valence-corrected chi connectivity index (χ1v) is 10.2. The Morgan fingerprint density at radius 1 is 0.514 bits per heavy atom. The molecule has 2 aromatic carbocycles. The largest absolute Gasteiger partial charge is 2.00 e. The molecule has 0 N–H and O–H groups in total. The molecule has 35 heavy (non-hydrogen) atoms. The van der Waals surface area contributed by atoms with Gasteiger partial charge in [-0.2, -0.15) is 0 Å². The molecule has 0 bridgehead atoms. The molecule has 0 amide bonds. The van der Waals surface area contributed by atoms with Crippen molar-refractivity contribution in [1.82, 2.24) is 19.9 Å². The van der Waals surface area contributed by atoms with Gasteiger partial charge in [0, 0.05) is 33.9 Å². The van der Waals surface area contributed by atoms with E-state index in [9.17, 15) is 19.8 Å². The monoisotopic (exact) mass is 502 g/mol. The number of carboxylic acid groups (broad SMARTS) is 2. The first-order valence-electron chi connectivity index (χ1n) is 10.2. The van der Waals surface area contributed by atoms with Gasteiger partial charge in [0.1, 0.15) is 0 Å². The van der Waals surface area contributed by atoms with Crippen LogP contribution in [0.25, 0.3) is 43.6 Å². The Kier molecular flexibility index (Phi) is 6.64. The summed E-state index contributed by atoms with van der Waals surface area (Å²) in [6, 6.07) is 21.4. The van der Waals surface area contributed by atoms with Crippen LogP contribution in [-0.4, -0.2) is 31.9 Å². The van der Waals surface area contributed by atoms with Crippen molar-refractivity contribution in [3.05, 3.63) is 96.6 Å². The molecular weight excluding hydrogens is 488 g/mol. The number of carbonyl (C=O) groups is 2. The minimum absolute atomic E-state index is 0. The van der Waals surface area contributed by atoms with Crippen LogP contribution in [0.5, 0.6) is 0 Å². The fourth-order valence-electron chi connectivity index (χ4n) is 3.67. The van der Waals surface area contributed by atoms with Gasteiger partial charge in [-0.25, -0.2) is 9.97 Å². The molecule has 0 saturated carbocycles. The molecule has 0 aliphatic carbocycles. The third kappa shape index (κ3) is 4.63. The smallest absolute Gasteiger partial charge is 0.543 e. The van der Waals surface area contributed by atoms with Crippen molar-refractivity contribution in [2.24, 2.45) is 0 Å². The molecule has 6 aromatic rings. The van der Waals surface area contributed by atoms with Crippen molar-refractivity contribution in [2.45, 2.75) is 0 Å². The topological polar surface area (TPSA) is 132 Å². The van der Waals surface area contributed by atoms with Crippen LogP contribution in [0.4, 0.5) is 0 Å². The number of aromatic carboxylic acids is 2. The predicted octanol–water partition coefficient (Wildman–Crippen LogP) is 2.29. The second-order valence-electron chi connectivity index (χ2n) is 7.39. The number of aromatic nitrogens is 4. The number of carboxylic acids is 2. The van der Waals surface area contributed by atoms with E-state index in [4.69, 9.17) is 0 Å². The third-order valence-electron chi connectivity index (χ3n) is 5.28. The van der Waals surface area contributed by atoms with Crippen LogP contribution in [0.3, 0.4) is 0 Å². The number of rotatable bonds is 2. The number of fused-ring (bicyclic) bond motifs is 6. The van der Waals surface area contributed by atoms with Gasteiger partial charge in [0.2, 0.25) is 0 Å².